The van der Waals surface area contributed by atoms with Crippen LogP contribution < -0.4 is 11.1 Å². The summed E-state index contributed by atoms with van der Waals surface area (Å²) < 4.78 is 13.3. The number of benzene rings is 2. The quantitative estimate of drug-likeness (QED) is 0.447. The van der Waals surface area contributed by atoms with Crippen molar-refractivity contribution >= 4 is 11.9 Å². The lowest BCUT2D eigenvalue weighted by Gasteiger charge is -2.36. The van der Waals surface area contributed by atoms with Gasteiger partial charge in [0.25, 0.3) is 0 Å². The molecule has 3 N–H and O–H groups in total. The molecule has 0 saturated carbocycles. The fourth-order valence-electron chi connectivity index (χ4n) is 4.69. The van der Waals surface area contributed by atoms with Crippen LogP contribution in [0.4, 0.5) is 0 Å². The van der Waals surface area contributed by atoms with Gasteiger partial charge >= 0.3 is 5.97 Å². The molecule has 4 rings (SSSR count). The van der Waals surface area contributed by atoms with Crippen LogP contribution >= 0.6 is 0 Å². The normalized spacial score (nSPS) is 18.2. The van der Waals surface area contributed by atoms with E-state index in [2.05, 4.69) is 14.9 Å². The SMILES string of the molecule is COC(=O)C1(c2ccccc2)CCn2c(cnc2[C@@H](COCc2ccccc2)NC(=O)C(C)(C)N)C1. The molecule has 1 aromatic heterocycles. The van der Waals surface area contributed by atoms with Crippen LogP contribution in [0.5, 0.6) is 0 Å². The highest BCUT2D eigenvalue weighted by Crippen LogP contribution is 2.38. The standard InChI is InChI=1S/C28H34N4O4/c1-27(2,29)25(33)31-23(19-36-18-20-10-6-4-7-11-20)24-30-17-22-16-28(26(34)35-3,14-15-32(22)24)21-12-8-5-9-13-21/h4-13,17,23H,14-16,18-19,29H2,1-3H3,(H,31,33)/t23-,28?/m1/s1. The third-order valence-electron chi connectivity index (χ3n) is 6.71. The molecule has 0 fully saturated rings. The third-order valence-corrected chi connectivity index (χ3v) is 6.71. The minimum atomic E-state index is -1.05. The number of carbonyl (C=O) groups is 2. The van der Waals surface area contributed by atoms with E-state index in [-0.39, 0.29) is 18.5 Å². The summed E-state index contributed by atoms with van der Waals surface area (Å²) >= 11 is 0. The van der Waals surface area contributed by atoms with Crippen LogP contribution in [-0.4, -0.2) is 40.7 Å². The van der Waals surface area contributed by atoms with Gasteiger partial charge in [0.1, 0.15) is 17.3 Å². The number of carbonyl (C=O) groups excluding carboxylic acids is 2. The summed E-state index contributed by atoms with van der Waals surface area (Å²) in [5.74, 6) is 0.128. The summed E-state index contributed by atoms with van der Waals surface area (Å²) in [4.78, 5) is 30.5. The first kappa shape index (κ1) is 25.6. The molecule has 0 radical (unpaired) electrons. The highest BCUT2D eigenvalue weighted by atomic mass is 16.5. The van der Waals surface area contributed by atoms with E-state index in [0.29, 0.717) is 31.8 Å². The molecule has 8 nitrogen and oxygen atoms in total. The maximum atomic E-state index is 13.0. The summed E-state index contributed by atoms with van der Waals surface area (Å²) in [6.07, 6.45) is 2.78. The first-order valence-corrected chi connectivity index (χ1v) is 12.1. The van der Waals surface area contributed by atoms with Gasteiger partial charge in [0.15, 0.2) is 0 Å². The molecule has 0 bridgehead atoms. The fourth-order valence-corrected chi connectivity index (χ4v) is 4.69. The number of amides is 1. The monoisotopic (exact) mass is 490 g/mol. The van der Waals surface area contributed by atoms with Crippen molar-refractivity contribution < 1.29 is 19.1 Å². The van der Waals surface area contributed by atoms with E-state index in [0.717, 1.165) is 16.8 Å². The molecule has 1 amide bonds. The van der Waals surface area contributed by atoms with Gasteiger partial charge in [0, 0.05) is 24.9 Å². The predicted molar refractivity (Wildman–Crippen MR) is 136 cm³/mol. The number of ether oxygens (including phenoxy) is 2. The average Bonchev–Trinajstić information content (AvgIpc) is 3.31. The largest absolute Gasteiger partial charge is 0.468 e. The van der Waals surface area contributed by atoms with Gasteiger partial charge in [0.05, 0.1) is 25.9 Å². The molecule has 0 saturated heterocycles. The van der Waals surface area contributed by atoms with E-state index < -0.39 is 17.0 Å². The number of nitrogens with two attached hydrogens (primary N) is 1. The summed E-state index contributed by atoms with van der Waals surface area (Å²) in [6, 6.07) is 19.1. The van der Waals surface area contributed by atoms with Gasteiger partial charge in [-0.25, -0.2) is 4.98 Å². The molecule has 36 heavy (non-hydrogen) atoms. The Balaban J connectivity index is 1.60. The van der Waals surface area contributed by atoms with E-state index in [1.807, 2.05) is 60.7 Å². The van der Waals surface area contributed by atoms with Crippen LogP contribution in [0, 0.1) is 0 Å². The van der Waals surface area contributed by atoms with Crippen LogP contribution in [0.2, 0.25) is 0 Å². The van der Waals surface area contributed by atoms with E-state index in [1.54, 1.807) is 20.0 Å². The second-order valence-corrected chi connectivity index (χ2v) is 9.87. The molecule has 3 aromatic rings. The molecule has 1 aliphatic rings. The van der Waals surface area contributed by atoms with Crippen molar-refractivity contribution in [3.05, 3.63) is 89.5 Å². The van der Waals surface area contributed by atoms with Crippen LogP contribution in [0.15, 0.2) is 66.9 Å². The second-order valence-electron chi connectivity index (χ2n) is 9.87. The topological polar surface area (TPSA) is 108 Å². The molecule has 190 valence electrons. The number of rotatable bonds is 9. The molecular formula is C28H34N4O4. The van der Waals surface area contributed by atoms with Crippen molar-refractivity contribution in [2.24, 2.45) is 5.73 Å². The van der Waals surface area contributed by atoms with Crippen molar-refractivity contribution in [2.75, 3.05) is 13.7 Å². The van der Waals surface area contributed by atoms with Crippen molar-refractivity contribution in [3.63, 3.8) is 0 Å². The first-order valence-electron chi connectivity index (χ1n) is 12.1. The minimum absolute atomic E-state index is 0.230. The van der Waals surface area contributed by atoms with Crippen LogP contribution in [0.1, 0.15) is 49.0 Å². The minimum Gasteiger partial charge on any atom is -0.468 e. The van der Waals surface area contributed by atoms with Crippen molar-refractivity contribution in [1.29, 1.82) is 0 Å². The zero-order chi connectivity index (χ0) is 25.8. The zero-order valence-electron chi connectivity index (χ0n) is 21.1. The zero-order valence-corrected chi connectivity index (χ0v) is 21.1. The molecule has 2 heterocycles. The Hall–Kier alpha value is -3.49. The smallest absolute Gasteiger partial charge is 0.316 e. The van der Waals surface area contributed by atoms with E-state index in [1.165, 1.54) is 7.11 Å². The third kappa shape index (κ3) is 5.34. The van der Waals surface area contributed by atoms with Crippen molar-refractivity contribution in [2.45, 2.75) is 56.8 Å². The van der Waals surface area contributed by atoms with Crippen molar-refractivity contribution in [1.82, 2.24) is 14.9 Å². The molecule has 8 heteroatoms. The Labute approximate surface area is 211 Å². The maximum Gasteiger partial charge on any atom is 0.316 e. The molecule has 0 spiro atoms. The lowest BCUT2D eigenvalue weighted by Crippen LogP contribution is -2.51. The lowest BCUT2D eigenvalue weighted by atomic mass is 9.72. The van der Waals surface area contributed by atoms with Gasteiger partial charge in [-0.3, -0.25) is 9.59 Å². The van der Waals surface area contributed by atoms with Gasteiger partial charge in [-0.1, -0.05) is 60.7 Å². The number of imidazole rings is 1. The lowest BCUT2D eigenvalue weighted by molar-refractivity contribution is -0.148. The number of esters is 1. The Bertz CT molecular complexity index is 1190. The molecule has 2 atom stereocenters. The van der Waals surface area contributed by atoms with Gasteiger partial charge in [0.2, 0.25) is 5.91 Å². The maximum absolute atomic E-state index is 13.0. The number of nitrogens with one attached hydrogen (secondary N) is 1. The Morgan fingerprint density at radius 3 is 2.44 bits per heavy atom. The number of hydrogen-bond donors (Lipinski definition) is 2. The molecule has 1 aliphatic heterocycles. The first-order chi connectivity index (χ1) is 17.2. The molecule has 0 aliphatic carbocycles. The van der Waals surface area contributed by atoms with E-state index in [9.17, 15) is 9.59 Å². The summed E-state index contributed by atoms with van der Waals surface area (Å²) in [6.45, 7) is 4.51. The van der Waals surface area contributed by atoms with Crippen LogP contribution in [-0.2, 0) is 44.1 Å². The molecule has 1 unspecified atom stereocenters. The van der Waals surface area contributed by atoms with Crippen molar-refractivity contribution in [3.8, 4) is 0 Å². The predicted octanol–water partition coefficient (Wildman–Crippen LogP) is 3.05. The van der Waals surface area contributed by atoms with Gasteiger partial charge in [-0.05, 0) is 31.4 Å². The molecule has 2 aromatic carbocycles. The van der Waals surface area contributed by atoms with E-state index in [4.69, 9.17) is 15.2 Å². The average molecular weight is 491 g/mol. The number of hydrogen-bond acceptors (Lipinski definition) is 6. The summed E-state index contributed by atoms with van der Waals surface area (Å²) in [7, 11) is 1.43. The Morgan fingerprint density at radius 1 is 1.14 bits per heavy atom. The highest BCUT2D eigenvalue weighted by Gasteiger charge is 2.45. The molecular weight excluding hydrogens is 456 g/mol. The number of fused-ring (bicyclic) bond motifs is 1. The highest BCUT2D eigenvalue weighted by molar-refractivity contribution is 5.85. The van der Waals surface area contributed by atoms with Crippen LogP contribution in [0.3, 0.4) is 0 Å². The number of aromatic nitrogens is 2. The Kier molecular flexibility index (Phi) is 7.56. The second kappa shape index (κ2) is 10.6. The van der Waals surface area contributed by atoms with Crippen LogP contribution in [0.25, 0.3) is 0 Å². The van der Waals surface area contributed by atoms with E-state index >= 15 is 0 Å². The summed E-state index contributed by atoms with van der Waals surface area (Å²) in [5.41, 5.74) is 7.08. The fraction of sp³-hybridized carbons (Fsp3) is 0.393. The van der Waals surface area contributed by atoms with Gasteiger partial charge in [-0.2, -0.15) is 0 Å². The summed E-state index contributed by atoms with van der Waals surface area (Å²) in [5, 5.41) is 3.02. The number of nitrogens with zero attached hydrogens (tertiary/aromatic N) is 2. The Morgan fingerprint density at radius 2 is 1.81 bits per heavy atom. The van der Waals surface area contributed by atoms with Gasteiger partial charge in [-0.15, -0.1) is 0 Å². The number of methoxy groups -OCH3 is 1. The van der Waals surface area contributed by atoms with Gasteiger partial charge < -0.3 is 25.1 Å².